The Bertz CT molecular complexity index is 2600. The van der Waals surface area contributed by atoms with Gasteiger partial charge in [-0.2, -0.15) is 0 Å². The van der Waals surface area contributed by atoms with Crippen LogP contribution in [0.2, 0.25) is 0 Å². The van der Waals surface area contributed by atoms with E-state index >= 15 is 0 Å². The van der Waals surface area contributed by atoms with Crippen LogP contribution in [0.5, 0.6) is 0 Å². The summed E-state index contributed by atoms with van der Waals surface area (Å²) in [6.45, 7) is 4.83. The van der Waals surface area contributed by atoms with Gasteiger partial charge < -0.3 is 0 Å². The summed E-state index contributed by atoms with van der Waals surface area (Å²) in [7, 11) is 0. The molecule has 0 saturated heterocycles. The van der Waals surface area contributed by atoms with Crippen molar-refractivity contribution in [2.45, 2.75) is 19.3 Å². The van der Waals surface area contributed by atoms with Crippen molar-refractivity contribution in [1.29, 1.82) is 0 Å². The summed E-state index contributed by atoms with van der Waals surface area (Å²) in [5.41, 5.74) is 10.5. The van der Waals surface area contributed by atoms with E-state index in [9.17, 15) is 0 Å². The molecule has 45 heavy (non-hydrogen) atoms. The molecule has 210 valence electrons. The molecular formula is C45H30. The third kappa shape index (κ3) is 3.43. The van der Waals surface area contributed by atoms with Gasteiger partial charge in [0.25, 0.3) is 0 Å². The van der Waals surface area contributed by atoms with Crippen LogP contribution in [0.3, 0.4) is 0 Å². The Balaban J connectivity index is 1.16. The van der Waals surface area contributed by atoms with Gasteiger partial charge in [-0.3, -0.25) is 0 Å². The Morgan fingerprint density at radius 1 is 0.333 bits per heavy atom. The normalized spacial score (nSPS) is 13.7. The maximum atomic E-state index is 2.46. The third-order valence-corrected chi connectivity index (χ3v) is 10.5. The van der Waals surface area contributed by atoms with Crippen LogP contribution in [-0.4, -0.2) is 0 Å². The second-order valence-electron chi connectivity index (χ2n) is 13.3. The number of fused-ring (bicyclic) bond motifs is 6. The molecule has 0 amide bonds. The fraction of sp³-hybridized carbons (Fsp3) is 0.0667. The lowest BCUT2D eigenvalue weighted by Gasteiger charge is -2.25. The van der Waals surface area contributed by atoms with E-state index in [-0.39, 0.29) is 5.41 Å². The Morgan fingerprint density at radius 3 is 1.64 bits per heavy atom. The smallest absolute Gasteiger partial charge is 0.0165 e. The van der Waals surface area contributed by atoms with E-state index in [0.29, 0.717) is 0 Å². The van der Waals surface area contributed by atoms with Crippen LogP contribution in [0, 0.1) is 0 Å². The Labute approximate surface area is 262 Å². The summed E-state index contributed by atoms with van der Waals surface area (Å²) in [5, 5.41) is 13.2. The lowest BCUT2D eigenvalue weighted by molar-refractivity contribution is 0.666. The van der Waals surface area contributed by atoms with Crippen molar-refractivity contribution in [2.24, 2.45) is 0 Å². The molecule has 0 aromatic heterocycles. The first kappa shape index (κ1) is 24.9. The molecule has 0 saturated carbocycles. The van der Waals surface area contributed by atoms with Crippen LogP contribution in [0.25, 0.3) is 87.2 Å². The summed E-state index contributed by atoms with van der Waals surface area (Å²) in [4.78, 5) is 0. The monoisotopic (exact) mass is 570 g/mol. The van der Waals surface area contributed by atoms with Crippen molar-refractivity contribution in [3.05, 3.63) is 157 Å². The minimum absolute atomic E-state index is 0.150. The van der Waals surface area contributed by atoms with Gasteiger partial charge >= 0.3 is 0 Å². The van der Waals surface area contributed by atoms with Crippen LogP contribution in [0.4, 0.5) is 0 Å². The van der Waals surface area contributed by atoms with Gasteiger partial charge in [0.05, 0.1) is 0 Å². The molecule has 10 rings (SSSR count). The lowest BCUT2D eigenvalue weighted by Crippen LogP contribution is -2.16. The van der Waals surface area contributed by atoms with Crippen molar-refractivity contribution in [3.8, 4) is 33.4 Å². The molecule has 0 fully saturated rings. The van der Waals surface area contributed by atoms with E-state index in [1.54, 1.807) is 0 Å². The molecule has 0 nitrogen and oxygen atoms in total. The maximum absolute atomic E-state index is 2.46. The van der Waals surface area contributed by atoms with Gasteiger partial charge in [0.1, 0.15) is 0 Å². The van der Waals surface area contributed by atoms with Crippen LogP contribution < -0.4 is 0 Å². The van der Waals surface area contributed by atoms with Gasteiger partial charge in [-0.25, -0.2) is 0 Å². The number of rotatable bonds is 2. The standard InChI is InChI=1S/C45H30/c1-45(2)40-26-32(36-24-34-17-14-28-9-5-10-29-15-18-35(25-36)42(34)41(28)29)20-21-38(40)39-22-19-30-11-6-12-37(43(30)44(39)45)33-16-13-27-7-3-4-8-31(27)23-33/h3-26H,1-2H3. The Kier molecular flexibility index (Phi) is 4.88. The highest BCUT2D eigenvalue weighted by atomic mass is 14.4. The number of hydrogen-bond acceptors (Lipinski definition) is 0. The van der Waals surface area contributed by atoms with Gasteiger partial charge in [-0.05, 0) is 123 Å². The summed E-state index contributed by atoms with van der Waals surface area (Å²) >= 11 is 0. The molecule has 9 aromatic rings. The first-order valence-corrected chi connectivity index (χ1v) is 15.9. The third-order valence-electron chi connectivity index (χ3n) is 10.5. The molecule has 0 bridgehead atoms. The van der Waals surface area contributed by atoms with Gasteiger partial charge in [-0.1, -0.05) is 135 Å². The summed E-state index contributed by atoms with van der Waals surface area (Å²) in [5.74, 6) is 0. The molecule has 0 unspecified atom stereocenters. The summed E-state index contributed by atoms with van der Waals surface area (Å²) < 4.78 is 0. The summed E-state index contributed by atoms with van der Waals surface area (Å²) in [6, 6.07) is 54.7. The first-order chi connectivity index (χ1) is 22.0. The van der Waals surface area contributed by atoms with Crippen molar-refractivity contribution >= 4 is 53.9 Å². The largest absolute Gasteiger partial charge is 0.0616 e. The zero-order chi connectivity index (χ0) is 29.9. The van der Waals surface area contributed by atoms with Crippen LogP contribution in [0.1, 0.15) is 25.0 Å². The second-order valence-corrected chi connectivity index (χ2v) is 13.3. The fourth-order valence-electron chi connectivity index (χ4n) is 8.38. The molecule has 1 aliphatic rings. The molecule has 9 aromatic carbocycles. The van der Waals surface area contributed by atoms with E-state index in [1.165, 1.54) is 98.4 Å². The van der Waals surface area contributed by atoms with E-state index in [0.717, 1.165) is 0 Å². The molecule has 0 heteroatoms. The molecule has 1 aliphatic carbocycles. The molecule has 0 N–H and O–H groups in total. The van der Waals surface area contributed by atoms with Gasteiger partial charge in [0.2, 0.25) is 0 Å². The maximum Gasteiger partial charge on any atom is 0.0165 e. The predicted octanol–water partition coefficient (Wildman–Crippen LogP) is 12.5. The van der Waals surface area contributed by atoms with Crippen LogP contribution >= 0.6 is 0 Å². The number of benzene rings is 9. The highest BCUT2D eigenvalue weighted by Crippen LogP contribution is 2.54. The van der Waals surface area contributed by atoms with Crippen molar-refractivity contribution in [2.75, 3.05) is 0 Å². The van der Waals surface area contributed by atoms with E-state index in [1.807, 2.05) is 0 Å². The molecular weight excluding hydrogens is 540 g/mol. The van der Waals surface area contributed by atoms with E-state index in [2.05, 4.69) is 159 Å². The zero-order valence-electron chi connectivity index (χ0n) is 25.4. The minimum Gasteiger partial charge on any atom is -0.0616 e. The van der Waals surface area contributed by atoms with E-state index in [4.69, 9.17) is 0 Å². The van der Waals surface area contributed by atoms with Gasteiger partial charge in [-0.15, -0.1) is 0 Å². The topological polar surface area (TPSA) is 0 Å². The van der Waals surface area contributed by atoms with Gasteiger partial charge in [0.15, 0.2) is 0 Å². The highest BCUT2D eigenvalue weighted by Gasteiger charge is 2.37. The van der Waals surface area contributed by atoms with Crippen molar-refractivity contribution in [1.82, 2.24) is 0 Å². The molecule has 0 spiro atoms. The molecule has 0 aliphatic heterocycles. The molecule has 0 heterocycles. The minimum atomic E-state index is -0.150. The quantitative estimate of drug-likeness (QED) is 0.181. The zero-order valence-corrected chi connectivity index (χ0v) is 25.4. The second kappa shape index (κ2) is 8.80. The van der Waals surface area contributed by atoms with Crippen LogP contribution in [-0.2, 0) is 5.41 Å². The lowest BCUT2D eigenvalue weighted by atomic mass is 9.78. The Hall–Kier alpha value is -5.46. The van der Waals surface area contributed by atoms with Gasteiger partial charge in [0, 0.05) is 5.41 Å². The summed E-state index contributed by atoms with van der Waals surface area (Å²) in [6.07, 6.45) is 0. The van der Waals surface area contributed by atoms with Crippen molar-refractivity contribution in [3.63, 3.8) is 0 Å². The highest BCUT2D eigenvalue weighted by molar-refractivity contribution is 6.23. The predicted molar refractivity (Wildman–Crippen MR) is 194 cm³/mol. The van der Waals surface area contributed by atoms with Crippen LogP contribution in [0.15, 0.2) is 146 Å². The average Bonchev–Trinajstić information content (AvgIpc) is 3.32. The SMILES string of the molecule is CC1(C)c2cc(-c3cc4ccc5cccc6ccc(c3)c4c56)ccc2-c2ccc3cccc(-c4ccc5ccccc5c4)c3c21. The molecule has 0 atom stereocenters. The van der Waals surface area contributed by atoms with E-state index < -0.39 is 0 Å². The molecule has 0 radical (unpaired) electrons. The first-order valence-electron chi connectivity index (χ1n) is 15.9. The number of hydrogen-bond donors (Lipinski definition) is 0. The Morgan fingerprint density at radius 2 is 0.867 bits per heavy atom. The fourth-order valence-corrected chi connectivity index (χ4v) is 8.38. The average molecular weight is 571 g/mol. The van der Waals surface area contributed by atoms with Crippen molar-refractivity contribution < 1.29 is 0 Å².